The maximum atomic E-state index is 13.0. The van der Waals surface area contributed by atoms with Gasteiger partial charge in [0.05, 0.1) is 5.56 Å². The van der Waals surface area contributed by atoms with Crippen LogP contribution >= 0.6 is 0 Å². The van der Waals surface area contributed by atoms with Crippen LogP contribution in [-0.4, -0.2) is 35.7 Å². The van der Waals surface area contributed by atoms with E-state index < -0.39 is 23.6 Å². The molecular formula is C15H18F4N2O2. The van der Waals surface area contributed by atoms with E-state index in [1.807, 2.05) is 0 Å². The van der Waals surface area contributed by atoms with Crippen LogP contribution in [0.4, 0.5) is 22.4 Å². The molecule has 0 radical (unpaired) electrons. The van der Waals surface area contributed by atoms with Gasteiger partial charge in [0, 0.05) is 26.2 Å². The standard InChI is InChI=1S/C15H18F4N2O2/c16-12-4-3-11(13(6-12)15(17,18)19)7-20-14(23)21-5-1-2-10(8-21)9-22/h3-4,6,10,22H,1-2,5,7-9H2,(H,20,23). The summed E-state index contributed by atoms with van der Waals surface area (Å²) in [7, 11) is 0. The van der Waals surface area contributed by atoms with Crippen LogP contribution in [-0.2, 0) is 12.7 Å². The predicted octanol–water partition coefficient (Wildman–Crippen LogP) is 2.76. The molecule has 2 N–H and O–H groups in total. The van der Waals surface area contributed by atoms with Crippen molar-refractivity contribution in [1.29, 1.82) is 0 Å². The number of benzene rings is 1. The van der Waals surface area contributed by atoms with Gasteiger partial charge in [-0.1, -0.05) is 6.07 Å². The first-order valence-corrected chi connectivity index (χ1v) is 7.30. The molecule has 1 fully saturated rings. The molecule has 0 aromatic heterocycles. The van der Waals surface area contributed by atoms with Crippen molar-refractivity contribution in [3.8, 4) is 0 Å². The van der Waals surface area contributed by atoms with Crippen LogP contribution in [0.2, 0.25) is 0 Å². The zero-order valence-corrected chi connectivity index (χ0v) is 12.4. The molecule has 1 heterocycles. The third-order valence-electron chi connectivity index (χ3n) is 3.87. The van der Waals surface area contributed by atoms with E-state index in [4.69, 9.17) is 5.11 Å². The van der Waals surface area contributed by atoms with E-state index >= 15 is 0 Å². The van der Waals surface area contributed by atoms with Crippen LogP contribution in [0, 0.1) is 11.7 Å². The van der Waals surface area contributed by atoms with Gasteiger partial charge in [-0.3, -0.25) is 0 Å². The summed E-state index contributed by atoms with van der Waals surface area (Å²) in [6.07, 6.45) is -3.13. The van der Waals surface area contributed by atoms with Gasteiger partial charge in [-0.25, -0.2) is 9.18 Å². The fraction of sp³-hybridized carbons (Fsp3) is 0.533. The Kier molecular flexibility index (Phi) is 5.46. The maximum Gasteiger partial charge on any atom is 0.416 e. The molecular weight excluding hydrogens is 316 g/mol. The van der Waals surface area contributed by atoms with Gasteiger partial charge in [0.15, 0.2) is 0 Å². The van der Waals surface area contributed by atoms with Gasteiger partial charge in [0.2, 0.25) is 0 Å². The largest absolute Gasteiger partial charge is 0.416 e. The van der Waals surface area contributed by atoms with Gasteiger partial charge in [-0.2, -0.15) is 13.2 Å². The summed E-state index contributed by atoms with van der Waals surface area (Å²) in [5, 5.41) is 11.6. The highest BCUT2D eigenvalue weighted by Gasteiger charge is 2.34. The van der Waals surface area contributed by atoms with Crippen LogP contribution in [0.15, 0.2) is 18.2 Å². The van der Waals surface area contributed by atoms with E-state index in [1.165, 1.54) is 4.90 Å². The summed E-state index contributed by atoms with van der Waals surface area (Å²) in [6.45, 7) is 0.504. The summed E-state index contributed by atoms with van der Waals surface area (Å²) in [6, 6.07) is 1.88. The van der Waals surface area contributed by atoms with Gasteiger partial charge >= 0.3 is 12.2 Å². The topological polar surface area (TPSA) is 52.6 Å². The van der Waals surface area contributed by atoms with Crippen molar-refractivity contribution in [2.24, 2.45) is 5.92 Å². The molecule has 1 saturated heterocycles. The second-order valence-electron chi connectivity index (χ2n) is 5.59. The number of aliphatic hydroxyl groups is 1. The Balaban J connectivity index is 2.02. The number of rotatable bonds is 3. The zero-order chi connectivity index (χ0) is 17.0. The summed E-state index contributed by atoms with van der Waals surface area (Å²) in [5.41, 5.74) is -1.28. The minimum atomic E-state index is -4.69. The number of amides is 2. The van der Waals surface area contributed by atoms with Crippen LogP contribution < -0.4 is 5.32 Å². The lowest BCUT2D eigenvalue weighted by atomic mass is 9.99. The highest BCUT2D eigenvalue weighted by Crippen LogP contribution is 2.32. The second kappa shape index (κ2) is 7.16. The molecule has 128 valence electrons. The molecule has 0 saturated carbocycles. The number of hydrogen-bond acceptors (Lipinski definition) is 2. The molecule has 1 aliphatic rings. The first kappa shape index (κ1) is 17.5. The number of alkyl halides is 3. The van der Waals surface area contributed by atoms with Crippen LogP contribution in [0.5, 0.6) is 0 Å². The highest BCUT2D eigenvalue weighted by atomic mass is 19.4. The number of carbonyl (C=O) groups is 1. The summed E-state index contributed by atoms with van der Waals surface area (Å²) < 4.78 is 51.7. The smallest absolute Gasteiger partial charge is 0.396 e. The van der Waals surface area contributed by atoms with Crippen molar-refractivity contribution >= 4 is 6.03 Å². The highest BCUT2D eigenvalue weighted by molar-refractivity contribution is 5.74. The number of piperidine rings is 1. The quantitative estimate of drug-likeness (QED) is 0.835. The third-order valence-corrected chi connectivity index (χ3v) is 3.87. The summed E-state index contributed by atoms with van der Waals surface area (Å²) in [5.74, 6) is -0.986. The van der Waals surface area contributed by atoms with Gasteiger partial charge < -0.3 is 15.3 Å². The Hall–Kier alpha value is -1.83. The van der Waals surface area contributed by atoms with Crippen LogP contribution in [0.1, 0.15) is 24.0 Å². The number of carbonyl (C=O) groups excluding carboxylic acids is 1. The Morgan fingerprint density at radius 1 is 1.39 bits per heavy atom. The zero-order valence-electron chi connectivity index (χ0n) is 12.4. The fourth-order valence-electron chi connectivity index (χ4n) is 2.65. The van der Waals surface area contributed by atoms with Gasteiger partial charge in [0.25, 0.3) is 0 Å². The number of hydrogen-bond donors (Lipinski definition) is 2. The monoisotopic (exact) mass is 334 g/mol. The molecule has 23 heavy (non-hydrogen) atoms. The van der Waals surface area contributed by atoms with Gasteiger partial charge in [-0.15, -0.1) is 0 Å². The van der Waals surface area contributed by atoms with E-state index in [0.717, 1.165) is 25.0 Å². The number of aliphatic hydroxyl groups excluding tert-OH is 1. The van der Waals surface area contributed by atoms with Crippen molar-refractivity contribution < 1.29 is 27.5 Å². The molecule has 1 atom stereocenters. The molecule has 2 rings (SSSR count). The van der Waals surface area contributed by atoms with E-state index in [-0.39, 0.29) is 24.6 Å². The minimum absolute atomic E-state index is 0.00828. The lowest BCUT2D eigenvalue weighted by Crippen LogP contribution is -2.46. The molecule has 0 spiro atoms. The Morgan fingerprint density at radius 3 is 2.78 bits per heavy atom. The molecule has 0 aliphatic carbocycles. The first-order valence-electron chi connectivity index (χ1n) is 7.30. The van der Waals surface area contributed by atoms with Gasteiger partial charge in [-0.05, 0) is 36.5 Å². The van der Waals surface area contributed by atoms with E-state index in [1.54, 1.807) is 0 Å². The lowest BCUT2D eigenvalue weighted by Gasteiger charge is -2.32. The molecule has 1 aromatic carbocycles. The lowest BCUT2D eigenvalue weighted by molar-refractivity contribution is -0.138. The Morgan fingerprint density at radius 2 is 2.13 bits per heavy atom. The number of urea groups is 1. The second-order valence-corrected chi connectivity index (χ2v) is 5.59. The van der Waals surface area contributed by atoms with Crippen molar-refractivity contribution in [3.63, 3.8) is 0 Å². The van der Waals surface area contributed by atoms with Gasteiger partial charge in [0.1, 0.15) is 5.82 Å². The number of halogens is 4. The van der Waals surface area contributed by atoms with Crippen molar-refractivity contribution in [2.45, 2.75) is 25.6 Å². The number of nitrogens with one attached hydrogen (secondary N) is 1. The molecule has 4 nitrogen and oxygen atoms in total. The molecule has 1 aromatic rings. The predicted molar refractivity (Wildman–Crippen MR) is 75.0 cm³/mol. The average molecular weight is 334 g/mol. The first-order chi connectivity index (χ1) is 10.8. The summed E-state index contributed by atoms with van der Waals surface area (Å²) >= 11 is 0. The molecule has 1 unspecified atom stereocenters. The van der Waals surface area contributed by atoms with Crippen molar-refractivity contribution in [2.75, 3.05) is 19.7 Å². The molecule has 2 amide bonds. The van der Waals surface area contributed by atoms with E-state index in [2.05, 4.69) is 5.32 Å². The SMILES string of the molecule is O=C(NCc1ccc(F)cc1C(F)(F)F)N1CCCC(CO)C1. The van der Waals surface area contributed by atoms with Crippen LogP contribution in [0.3, 0.4) is 0 Å². The normalized spacial score (nSPS) is 18.8. The Labute approximate surface area is 131 Å². The number of likely N-dealkylation sites (tertiary alicyclic amines) is 1. The molecule has 0 bridgehead atoms. The molecule has 1 aliphatic heterocycles. The average Bonchev–Trinajstić information content (AvgIpc) is 2.52. The Bertz CT molecular complexity index is 563. The molecule has 8 heteroatoms. The fourth-order valence-corrected chi connectivity index (χ4v) is 2.65. The van der Waals surface area contributed by atoms with Crippen molar-refractivity contribution in [3.05, 3.63) is 35.1 Å². The number of nitrogens with zero attached hydrogens (tertiary/aromatic N) is 1. The third kappa shape index (κ3) is 4.57. The van der Waals surface area contributed by atoms with E-state index in [9.17, 15) is 22.4 Å². The minimum Gasteiger partial charge on any atom is -0.396 e. The van der Waals surface area contributed by atoms with E-state index in [0.29, 0.717) is 19.2 Å². The van der Waals surface area contributed by atoms with Crippen LogP contribution in [0.25, 0.3) is 0 Å². The maximum absolute atomic E-state index is 13.0. The summed E-state index contributed by atoms with van der Waals surface area (Å²) in [4.78, 5) is 13.5. The van der Waals surface area contributed by atoms with Crippen molar-refractivity contribution in [1.82, 2.24) is 10.2 Å².